The molecule has 0 aliphatic heterocycles. The molecule has 1 aromatic carbocycles. The number of carbonyl (C=O) groups is 1. The van der Waals surface area contributed by atoms with Gasteiger partial charge in [-0.3, -0.25) is 0 Å². The van der Waals surface area contributed by atoms with E-state index in [1.807, 2.05) is 13.0 Å². The van der Waals surface area contributed by atoms with Gasteiger partial charge in [0.2, 0.25) is 6.10 Å². The maximum absolute atomic E-state index is 11.0. The molecule has 17 heavy (non-hydrogen) atoms. The number of rotatable bonds is 7. The summed E-state index contributed by atoms with van der Waals surface area (Å²) in [7, 11) is 0. The molecule has 0 bridgehead atoms. The molecule has 0 aliphatic carbocycles. The van der Waals surface area contributed by atoms with Gasteiger partial charge in [-0.05, 0) is 18.6 Å². The number of unbranched alkanes of at least 4 members (excludes halogenated alkanes) is 1. The molecule has 0 saturated carbocycles. The van der Waals surface area contributed by atoms with Crippen LogP contribution in [0.4, 0.5) is 0 Å². The minimum atomic E-state index is -1.20. The minimum Gasteiger partial charge on any atom is -0.478 e. The monoisotopic (exact) mass is 238 g/mol. The van der Waals surface area contributed by atoms with Crippen molar-refractivity contribution < 1.29 is 19.7 Å². The van der Waals surface area contributed by atoms with E-state index in [1.54, 1.807) is 24.3 Å². The predicted molar refractivity (Wildman–Crippen MR) is 64.0 cm³/mol. The lowest BCUT2D eigenvalue weighted by Crippen LogP contribution is -2.39. The SMILES string of the molecule is CCCCC(O)C(Oc1ccccc1)C(=O)O. The third-order valence-electron chi connectivity index (χ3n) is 2.45. The van der Waals surface area contributed by atoms with Crippen LogP contribution in [0.25, 0.3) is 0 Å². The zero-order valence-electron chi connectivity index (χ0n) is 9.87. The van der Waals surface area contributed by atoms with Gasteiger partial charge in [-0.25, -0.2) is 4.79 Å². The van der Waals surface area contributed by atoms with E-state index in [2.05, 4.69) is 0 Å². The van der Waals surface area contributed by atoms with Gasteiger partial charge in [-0.2, -0.15) is 0 Å². The number of aliphatic hydroxyl groups is 1. The molecule has 0 spiro atoms. The third-order valence-corrected chi connectivity index (χ3v) is 2.45. The molecule has 1 rings (SSSR count). The molecule has 0 aliphatic rings. The predicted octanol–water partition coefficient (Wildman–Crippen LogP) is 2.07. The molecule has 4 nitrogen and oxygen atoms in total. The molecule has 2 atom stereocenters. The summed E-state index contributed by atoms with van der Waals surface area (Å²) in [6.07, 6.45) is -0.0606. The lowest BCUT2D eigenvalue weighted by molar-refractivity contribution is -0.150. The number of carboxylic acids is 1. The summed E-state index contributed by atoms with van der Waals surface area (Å²) in [5.74, 6) is -0.687. The Morgan fingerprint density at radius 3 is 2.53 bits per heavy atom. The van der Waals surface area contributed by atoms with Crippen LogP contribution >= 0.6 is 0 Å². The van der Waals surface area contributed by atoms with Crippen molar-refractivity contribution in [2.45, 2.75) is 38.4 Å². The molecular weight excluding hydrogens is 220 g/mol. The molecule has 0 aromatic heterocycles. The summed E-state index contributed by atoms with van der Waals surface area (Å²) < 4.78 is 5.29. The molecule has 0 heterocycles. The zero-order chi connectivity index (χ0) is 12.7. The van der Waals surface area contributed by atoms with Gasteiger partial charge in [-0.15, -0.1) is 0 Å². The highest BCUT2D eigenvalue weighted by Crippen LogP contribution is 2.15. The van der Waals surface area contributed by atoms with Crippen molar-refractivity contribution >= 4 is 5.97 Å². The first-order chi connectivity index (χ1) is 8.15. The summed E-state index contributed by atoms with van der Waals surface area (Å²) >= 11 is 0. The molecule has 2 N–H and O–H groups in total. The average molecular weight is 238 g/mol. The second kappa shape index (κ2) is 6.91. The summed E-state index contributed by atoms with van der Waals surface area (Å²) in [6, 6.07) is 8.67. The van der Waals surface area contributed by atoms with Crippen LogP contribution in [0.1, 0.15) is 26.2 Å². The fraction of sp³-hybridized carbons (Fsp3) is 0.462. The van der Waals surface area contributed by atoms with Crippen molar-refractivity contribution in [2.75, 3.05) is 0 Å². The molecule has 94 valence electrons. The first-order valence-electron chi connectivity index (χ1n) is 5.77. The van der Waals surface area contributed by atoms with Crippen molar-refractivity contribution in [1.29, 1.82) is 0 Å². The third kappa shape index (κ3) is 4.44. The molecule has 1 aromatic rings. The van der Waals surface area contributed by atoms with Crippen LogP contribution in [-0.4, -0.2) is 28.4 Å². The normalized spacial score (nSPS) is 14.0. The average Bonchev–Trinajstić information content (AvgIpc) is 2.34. The lowest BCUT2D eigenvalue weighted by Gasteiger charge is -2.20. The molecule has 0 amide bonds. The number of para-hydroxylation sites is 1. The second-order valence-corrected chi connectivity index (χ2v) is 3.90. The number of aliphatic carboxylic acids is 1. The van der Waals surface area contributed by atoms with Gasteiger partial charge in [-0.1, -0.05) is 38.0 Å². The molecule has 0 fully saturated rings. The maximum Gasteiger partial charge on any atom is 0.347 e. The van der Waals surface area contributed by atoms with Gasteiger partial charge in [0.25, 0.3) is 0 Å². The van der Waals surface area contributed by atoms with Crippen LogP contribution in [-0.2, 0) is 4.79 Å². The van der Waals surface area contributed by atoms with E-state index in [1.165, 1.54) is 0 Å². The van der Waals surface area contributed by atoms with E-state index in [-0.39, 0.29) is 0 Å². The Morgan fingerprint density at radius 2 is 2.00 bits per heavy atom. The number of hydrogen-bond acceptors (Lipinski definition) is 3. The van der Waals surface area contributed by atoms with Crippen molar-refractivity contribution in [3.05, 3.63) is 30.3 Å². The van der Waals surface area contributed by atoms with E-state index >= 15 is 0 Å². The van der Waals surface area contributed by atoms with Gasteiger partial charge in [0.1, 0.15) is 11.9 Å². The summed E-state index contributed by atoms with van der Waals surface area (Å²) in [5.41, 5.74) is 0. The van der Waals surface area contributed by atoms with Crippen LogP contribution in [0.5, 0.6) is 5.75 Å². The van der Waals surface area contributed by atoms with Crippen molar-refractivity contribution in [3.63, 3.8) is 0 Å². The highest BCUT2D eigenvalue weighted by molar-refractivity contribution is 5.73. The first kappa shape index (κ1) is 13.5. The lowest BCUT2D eigenvalue weighted by atomic mass is 10.1. The zero-order valence-corrected chi connectivity index (χ0v) is 9.87. The smallest absolute Gasteiger partial charge is 0.347 e. The topological polar surface area (TPSA) is 66.8 Å². The molecule has 4 heteroatoms. The minimum absolute atomic E-state index is 0.431. The Balaban J connectivity index is 2.63. The van der Waals surface area contributed by atoms with Gasteiger partial charge in [0.05, 0.1) is 0 Å². The summed E-state index contributed by atoms with van der Waals surface area (Å²) in [4.78, 5) is 11.0. The van der Waals surface area contributed by atoms with Crippen LogP contribution in [0.15, 0.2) is 30.3 Å². The Labute approximate surface area is 101 Å². The second-order valence-electron chi connectivity index (χ2n) is 3.90. The number of hydrogen-bond donors (Lipinski definition) is 2. The van der Waals surface area contributed by atoms with E-state index in [0.717, 1.165) is 12.8 Å². The van der Waals surface area contributed by atoms with Crippen LogP contribution in [0, 0.1) is 0 Å². The number of aliphatic hydroxyl groups excluding tert-OH is 1. The van der Waals surface area contributed by atoms with Gasteiger partial charge < -0.3 is 14.9 Å². The van der Waals surface area contributed by atoms with Crippen LogP contribution in [0.2, 0.25) is 0 Å². The fourth-order valence-corrected chi connectivity index (χ4v) is 1.50. The van der Waals surface area contributed by atoms with E-state index in [9.17, 15) is 9.90 Å². The Bertz CT molecular complexity index is 337. The Kier molecular flexibility index (Phi) is 5.49. The van der Waals surface area contributed by atoms with Crippen molar-refractivity contribution in [3.8, 4) is 5.75 Å². The number of benzene rings is 1. The molecular formula is C13H18O4. The van der Waals surface area contributed by atoms with E-state index in [4.69, 9.17) is 9.84 Å². The largest absolute Gasteiger partial charge is 0.478 e. The number of ether oxygens (including phenoxy) is 1. The standard InChI is InChI=1S/C13H18O4/c1-2-3-9-11(14)12(13(15)16)17-10-7-5-4-6-8-10/h4-8,11-12,14H,2-3,9H2,1H3,(H,15,16). The van der Waals surface area contributed by atoms with Crippen LogP contribution in [0.3, 0.4) is 0 Å². The first-order valence-corrected chi connectivity index (χ1v) is 5.77. The Hall–Kier alpha value is -1.55. The van der Waals surface area contributed by atoms with Crippen molar-refractivity contribution in [2.24, 2.45) is 0 Å². The van der Waals surface area contributed by atoms with Crippen LogP contribution < -0.4 is 4.74 Å². The Morgan fingerprint density at radius 1 is 1.35 bits per heavy atom. The van der Waals surface area contributed by atoms with Crippen molar-refractivity contribution in [1.82, 2.24) is 0 Å². The highest BCUT2D eigenvalue weighted by Gasteiger charge is 2.27. The molecule has 2 unspecified atom stereocenters. The molecule has 0 radical (unpaired) electrons. The number of carboxylic acid groups (broad SMARTS) is 1. The fourth-order valence-electron chi connectivity index (χ4n) is 1.50. The van der Waals surface area contributed by atoms with E-state index < -0.39 is 18.2 Å². The molecule has 0 saturated heterocycles. The maximum atomic E-state index is 11.0. The van der Waals surface area contributed by atoms with E-state index in [0.29, 0.717) is 12.2 Å². The van der Waals surface area contributed by atoms with Gasteiger partial charge in [0.15, 0.2) is 0 Å². The quantitative estimate of drug-likeness (QED) is 0.763. The summed E-state index contributed by atoms with van der Waals surface area (Å²) in [5, 5.41) is 18.8. The highest BCUT2D eigenvalue weighted by atomic mass is 16.5. The van der Waals surface area contributed by atoms with Gasteiger partial charge >= 0.3 is 5.97 Å². The summed E-state index contributed by atoms with van der Waals surface area (Å²) in [6.45, 7) is 1.99. The van der Waals surface area contributed by atoms with Gasteiger partial charge in [0, 0.05) is 0 Å².